The minimum Gasteiger partial charge on any atom is -0.508 e. The van der Waals surface area contributed by atoms with E-state index in [2.05, 4.69) is 5.92 Å². The molecule has 0 fully saturated rings. The van der Waals surface area contributed by atoms with Crippen LogP contribution in [0.5, 0.6) is 11.5 Å². The molecule has 0 radical (unpaired) electrons. The summed E-state index contributed by atoms with van der Waals surface area (Å²) < 4.78 is 5.86. The maximum atomic E-state index is 12.7. The molecule has 2 aromatic rings. The Morgan fingerprint density at radius 2 is 2.09 bits per heavy atom. The third kappa shape index (κ3) is 2.86. The second-order valence-electron chi connectivity index (χ2n) is 5.52. The number of anilines is 1. The van der Waals surface area contributed by atoms with Crippen molar-refractivity contribution in [2.45, 2.75) is 19.4 Å². The molecule has 2 aromatic carbocycles. The zero-order valence-electron chi connectivity index (χ0n) is 12.8. The second kappa shape index (κ2) is 6.05. The van der Waals surface area contributed by atoms with Gasteiger partial charge in [-0.1, -0.05) is 30.2 Å². The van der Waals surface area contributed by atoms with Crippen LogP contribution >= 0.6 is 0 Å². The SMILES string of the molecule is C#CCN1C(=O)C(Cc2ccccc2C)Oc2ccc(O)cc21. The zero-order valence-corrected chi connectivity index (χ0v) is 12.8. The first-order chi connectivity index (χ1) is 11.1. The molecule has 116 valence electrons. The highest BCUT2D eigenvalue weighted by molar-refractivity contribution is 6.00. The Hall–Kier alpha value is -2.93. The molecule has 1 heterocycles. The van der Waals surface area contributed by atoms with Crippen LogP contribution in [-0.4, -0.2) is 23.7 Å². The molecule has 0 aliphatic carbocycles. The van der Waals surface area contributed by atoms with Gasteiger partial charge >= 0.3 is 0 Å². The minimum atomic E-state index is -0.624. The summed E-state index contributed by atoms with van der Waals surface area (Å²) in [7, 11) is 0. The maximum absolute atomic E-state index is 12.7. The van der Waals surface area contributed by atoms with Gasteiger partial charge in [0.2, 0.25) is 0 Å². The van der Waals surface area contributed by atoms with Crippen LogP contribution in [0.4, 0.5) is 5.69 Å². The zero-order chi connectivity index (χ0) is 16.4. The van der Waals surface area contributed by atoms with E-state index in [1.807, 2.05) is 31.2 Å². The van der Waals surface area contributed by atoms with E-state index < -0.39 is 6.10 Å². The topological polar surface area (TPSA) is 49.8 Å². The van der Waals surface area contributed by atoms with Gasteiger partial charge in [0.1, 0.15) is 11.5 Å². The molecule has 4 heteroatoms. The Labute approximate surface area is 135 Å². The normalized spacial score (nSPS) is 16.4. The molecule has 0 aromatic heterocycles. The van der Waals surface area contributed by atoms with Crippen molar-refractivity contribution in [1.82, 2.24) is 0 Å². The molecule has 0 saturated carbocycles. The molecule has 3 rings (SSSR count). The van der Waals surface area contributed by atoms with E-state index >= 15 is 0 Å². The van der Waals surface area contributed by atoms with Crippen LogP contribution in [0.2, 0.25) is 0 Å². The van der Waals surface area contributed by atoms with Crippen molar-refractivity contribution in [3.8, 4) is 23.8 Å². The van der Waals surface area contributed by atoms with Crippen LogP contribution < -0.4 is 9.64 Å². The average molecular weight is 307 g/mol. The molecular formula is C19H17NO3. The number of phenols is 1. The molecule has 1 unspecified atom stereocenters. The number of ether oxygens (including phenoxy) is 1. The summed E-state index contributed by atoms with van der Waals surface area (Å²) >= 11 is 0. The fourth-order valence-corrected chi connectivity index (χ4v) is 2.73. The summed E-state index contributed by atoms with van der Waals surface area (Å²) in [6, 6.07) is 12.6. The van der Waals surface area contributed by atoms with E-state index in [9.17, 15) is 9.90 Å². The first kappa shape index (κ1) is 15.0. The number of fused-ring (bicyclic) bond motifs is 1. The van der Waals surface area contributed by atoms with Crippen LogP contribution in [-0.2, 0) is 11.2 Å². The van der Waals surface area contributed by atoms with Gasteiger partial charge in [0.05, 0.1) is 12.2 Å². The molecule has 1 N–H and O–H groups in total. The summed E-state index contributed by atoms with van der Waals surface area (Å²) in [5.41, 5.74) is 2.69. The second-order valence-corrected chi connectivity index (χ2v) is 5.52. The van der Waals surface area contributed by atoms with Crippen molar-refractivity contribution >= 4 is 11.6 Å². The fraction of sp³-hybridized carbons (Fsp3) is 0.211. The summed E-state index contributed by atoms with van der Waals surface area (Å²) in [6.45, 7) is 2.15. The van der Waals surface area contributed by atoms with Crippen molar-refractivity contribution in [3.05, 3.63) is 53.6 Å². The standard InChI is InChI=1S/C19H17NO3/c1-3-10-20-16-12-15(21)8-9-17(16)23-18(19(20)22)11-14-7-5-4-6-13(14)2/h1,4-9,12,18,21H,10-11H2,2H3. The molecule has 23 heavy (non-hydrogen) atoms. The number of hydrogen-bond acceptors (Lipinski definition) is 3. The molecule has 1 aliphatic rings. The minimum absolute atomic E-state index is 0.0690. The van der Waals surface area contributed by atoms with Gasteiger partial charge in [-0.3, -0.25) is 9.69 Å². The van der Waals surface area contributed by atoms with Gasteiger partial charge in [-0.25, -0.2) is 0 Å². The van der Waals surface area contributed by atoms with E-state index in [1.54, 1.807) is 6.07 Å². The average Bonchev–Trinajstić information content (AvgIpc) is 2.54. The van der Waals surface area contributed by atoms with Crippen LogP contribution in [0, 0.1) is 19.3 Å². The third-order valence-electron chi connectivity index (χ3n) is 3.96. The Morgan fingerprint density at radius 1 is 1.30 bits per heavy atom. The Balaban J connectivity index is 1.95. The van der Waals surface area contributed by atoms with E-state index in [1.165, 1.54) is 17.0 Å². The highest BCUT2D eigenvalue weighted by atomic mass is 16.5. The lowest BCUT2D eigenvalue weighted by atomic mass is 10.0. The van der Waals surface area contributed by atoms with Gasteiger partial charge in [0.15, 0.2) is 6.10 Å². The fourth-order valence-electron chi connectivity index (χ4n) is 2.73. The molecule has 1 atom stereocenters. The largest absolute Gasteiger partial charge is 0.508 e. The summed E-state index contributed by atoms with van der Waals surface area (Å²) in [5, 5.41) is 9.65. The highest BCUT2D eigenvalue weighted by Gasteiger charge is 2.34. The summed E-state index contributed by atoms with van der Waals surface area (Å²) in [5.74, 6) is 2.92. The Bertz CT molecular complexity index is 791. The number of hydrogen-bond donors (Lipinski definition) is 1. The quantitative estimate of drug-likeness (QED) is 0.887. The lowest BCUT2D eigenvalue weighted by Gasteiger charge is -2.33. The van der Waals surface area contributed by atoms with Gasteiger partial charge in [-0.15, -0.1) is 6.42 Å². The summed E-state index contributed by atoms with van der Waals surface area (Å²) in [4.78, 5) is 14.2. The van der Waals surface area contributed by atoms with Crippen LogP contribution in [0.25, 0.3) is 0 Å². The summed E-state index contributed by atoms with van der Waals surface area (Å²) in [6.07, 6.45) is 5.25. The van der Waals surface area contributed by atoms with Gasteiger partial charge in [0.25, 0.3) is 5.91 Å². The lowest BCUT2D eigenvalue weighted by molar-refractivity contribution is -0.126. The van der Waals surface area contributed by atoms with Crippen molar-refractivity contribution in [2.24, 2.45) is 0 Å². The van der Waals surface area contributed by atoms with Crippen molar-refractivity contribution in [1.29, 1.82) is 0 Å². The number of amides is 1. The third-order valence-corrected chi connectivity index (χ3v) is 3.96. The molecule has 1 amide bonds. The molecule has 0 saturated heterocycles. The number of benzene rings is 2. The van der Waals surface area contributed by atoms with Crippen LogP contribution in [0.15, 0.2) is 42.5 Å². The molecule has 4 nitrogen and oxygen atoms in total. The van der Waals surface area contributed by atoms with Crippen LogP contribution in [0.3, 0.4) is 0 Å². The van der Waals surface area contributed by atoms with Crippen molar-refractivity contribution in [2.75, 3.05) is 11.4 Å². The smallest absolute Gasteiger partial charge is 0.269 e. The maximum Gasteiger partial charge on any atom is 0.269 e. The van der Waals surface area contributed by atoms with Crippen molar-refractivity contribution < 1.29 is 14.6 Å². The monoisotopic (exact) mass is 307 g/mol. The molecule has 1 aliphatic heterocycles. The van der Waals surface area contributed by atoms with Crippen LogP contribution in [0.1, 0.15) is 11.1 Å². The van der Waals surface area contributed by atoms with E-state index in [0.717, 1.165) is 11.1 Å². The molecular weight excluding hydrogens is 290 g/mol. The Kier molecular flexibility index (Phi) is 3.94. The van der Waals surface area contributed by atoms with Gasteiger partial charge in [-0.05, 0) is 30.2 Å². The molecule has 0 bridgehead atoms. The number of rotatable bonds is 3. The number of aromatic hydroxyl groups is 1. The van der Waals surface area contributed by atoms with Gasteiger partial charge in [0, 0.05) is 12.5 Å². The number of phenolic OH excluding ortho intramolecular Hbond substituents is 1. The number of nitrogens with zero attached hydrogens (tertiary/aromatic N) is 1. The van der Waals surface area contributed by atoms with Gasteiger partial charge < -0.3 is 9.84 Å². The number of carbonyl (C=O) groups excluding carboxylic acids is 1. The van der Waals surface area contributed by atoms with E-state index in [4.69, 9.17) is 11.2 Å². The molecule has 0 spiro atoms. The number of aryl methyl sites for hydroxylation is 1. The van der Waals surface area contributed by atoms with Gasteiger partial charge in [-0.2, -0.15) is 0 Å². The number of carbonyl (C=O) groups is 1. The lowest BCUT2D eigenvalue weighted by Crippen LogP contribution is -2.47. The number of terminal acetylenes is 1. The first-order valence-corrected chi connectivity index (χ1v) is 7.39. The van der Waals surface area contributed by atoms with Crippen molar-refractivity contribution in [3.63, 3.8) is 0 Å². The van der Waals surface area contributed by atoms with E-state index in [-0.39, 0.29) is 18.2 Å². The van der Waals surface area contributed by atoms with E-state index in [0.29, 0.717) is 17.9 Å². The first-order valence-electron chi connectivity index (χ1n) is 7.39. The predicted molar refractivity (Wildman–Crippen MR) is 88.6 cm³/mol. The Morgan fingerprint density at radius 3 is 2.83 bits per heavy atom. The highest BCUT2D eigenvalue weighted by Crippen LogP contribution is 2.37. The predicted octanol–water partition coefficient (Wildman–Crippen LogP) is 2.67.